The number of hydrogen-bond acceptors (Lipinski definition) is 1. The fraction of sp³-hybridized carbons (Fsp3) is 0.600. The van der Waals surface area contributed by atoms with Crippen molar-refractivity contribution >= 4 is 0 Å². The molecule has 0 saturated carbocycles. The first-order valence-electron chi connectivity index (χ1n) is 4.11. The van der Waals surface area contributed by atoms with E-state index >= 15 is 0 Å². The summed E-state index contributed by atoms with van der Waals surface area (Å²) in [4.78, 5) is 2.23. The third-order valence-electron chi connectivity index (χ3n) is 2.32. The highest BCUT2D eigenvalue weighted by molar-refractivity contribution is 5.34. The fourth-order valence-electron chi connectivity index (χ4n) is 1.42. The second-order valence-electron chi connectivity index (χ2n) is 3.59. The lowest BCUT2D eigenvalue weighted by molar-refractivity contribution is 0.380. The molecule has 0 amide bonds. The summed E-state index contributed by atoms with van der Waals surface area (Å²) in [7, 11) is 4.24. The molecule has 1 atom stereocenters. The maximum atomic E-state index is 2.30. The van der Waals surface area contributed by atoms with Crippen LogP contribution in [0.25, 0.3) is 0 Å². The third-order valence-corrected chi connectivity index (χ3v) is 2.32. The van der Waals surface area contributed by atoms with Gasteiger partial charge in [0.15, 0.2) is 0 Å². The Labute approximate surface area is 69.4 Å². The SMILES string of the molecule is CC1=C(C)C(CN(C)C)C=C1. The van der Waals surface area contributed by atoms with Crippen LogP contribution in [0, 0.1) is 5.92 Å². The van der Waals surface area contributed by atoms with Crippen molar-refractivity contribution in [2.75, 3.05) is 20.6 Å². The molecule has 1 rings (SSSR count). The molecule has 1 unspecified atom stereocenters. The van der Waals surface area contributed by atoms with Crippen LogP contribution in [0.15, 0.2) is 23.3 Å². The average molecular weight is 151 g/mol. The average Bonchev–Trinajstić information content (AvgIpc) is 2.18. The van der Waals surface area contributed by atoms with Gasteiger partial charge in [-0.15, -0.1) is 0 Å². The molecule has 1 heteroatoms. The Morgan fingerprint density at radius 1 is 1.36 bits per heavy atom. The number of rotatable bonds is 2. The van der Waals surface area contributed by atoms with Crippen LogP contribution in [0.5, 0.6) is 0 Å². The van der Waals surface area contributed by atoms with Gasteiger partial charge in [0.1, 0.15) is 0 Å². The topological polar surface area (TPSA) is 3.24 Å². The minimum atomic E-state index is 0.657. The van der Waals surface area contributed by atoms with Crippen molar-refractivity contribution in [2.45, 2.75) is 13.8 Å². The van der Waals surface area contributed by atoms with E-state index < -0.39 is 0 Å². The van der Waals surface area contributed by atoms with E-state index in [1.54, 1.807) is 0 Å². The van der Waals surface area contributed by atoms with E-state index in [9.17, 15) is 0 Å². The standard InChI is InChI=1S/C10H17N/c1-8-5-6-10(9(8)2)7-11(3)4/h5-6,10H,7H2,1-4H3. The summed E-state index contributed by atoms with van der Waals surface area (Å²) in [6.07, 6.45) is 4.52. The van der Waals surface area contributed by atoms with Crippen molar-refractivity contribution in [2.24, 2.45) is 5.92 Å². The van der Waals surface area contributed by atoms with E-state index in [1.165, 1.54) is 11.1 Å². The number of nitrogens with zero attached hydrogens (tertiary/aromatic N) is 1. The summed E-state index contributed by atoms with van der Waals surface area (Å²) in [6, 6.07) is 0. The van der Waals surface area contributed by atoms with Gasteiger partial charge >= 0.3 is 0 Å². The lowest BCUT2D eigenvalue weighted by Crippen LogP contribution is -2.20. The molecule has 0 saturated heterocycles. The van der Waals surface area contributed by atoms with E-state index in [-0.39, 0.29) is 0 Å². The first kappa shape index (κ1) is 8.54. The normalized spacial score (nSPS) is 23.9. The van der Waals surface area contributed by atoms with Gasteiger partial charge in [-0.25, -0.2) is 0 Å². The molecule has 62 valence electrons. The highest BCUT2D eigenvalue weighted by Crippen LogP contribution is 2.24. The van der Waals surface area contributed by atoms with Gasteiger partial charge in [-0.2, -0.15) is 0 Å². The Kier molecular flexibility index (Phi) is 2.50. The molecule has 11 heavy (non-hydrogen) atoms. The van der Waals surface area contributed by atoms with Gasteiger partial charge in [-0.1, -0.05) is 23.3 Å². The molecule has 0 bridgehead atoms. The van der Waals surface area contributed by atoms with Gasteiger partial charge in [0.25, 0.3) is 0 Å². The van der Waals surface area contributed by atoms with Crippen LogP contribution in [0.3, 0.4) is 0 Å². The highest BCUT2D eigenvalue weighted by Gasteiger charge is 2.14. The van der Waals surface area contributed by atoms with Gasteiger partial charge in [-0.05, 0) is 27.9 Å². The van der Waals surface area contributed by atoms with Crippen LogP contribution in [0.2, 0.25) is 0 Å². The lowest BCUT2D eigenvalue weighted by atomic mass is 10.0. The molecule has 1 nitrogen and oxygen atoms in total. The van der Waals surface area contributed by atoms with E-state index in [2.05, 4.69) is 45.0 Å². The maximum absolute atomic E-state index is 2.30. The smallest absolute Gasteiger partial charge is 0.0110 e. The Morgan fingerprint density at radius 2 is 2.00 bits per heavy atom. The molecule has 1 aliphatic carbocycles. The first-order valence-corrected chi connectivity index (χ1v) is 4.11. The van der Waals surface area contributed by atoms with Crippen molar-refractivity contribution in [3.05, 3.63) is 23.3 Å². The van der Waals surface area contributed by atoms with Crippen LogP contribution in [0.1, 0.15) is 13.8 Å². The molecule has 0 N–H and O–H groups in total. The fourth-order valence-corrected chi connectivity index (χ4v) is 1.42. The summed E-state index contributed by atoms with van der Waals surface area (Å²) in [6.45, 7) is 5.55. The van der Waals surface area contributed by atoms with E-state index in [4.69, 9.17) is 0 Å². The molecule has 0 aliphatic heterocycles. The minimum Gasteiger partial charge on any atom is -0.308 e. The first-order chi connectivity index (χ1) is 5.11. The molecular weight excluding hydrogens is 134 g/mol. The van der Waals surface area contributed by atoms with Gasteiger partial charge in [0.2, 0.25) is 0 Å². The van der Waals surface area contributed by atoms with Gasteiger partial charge < -0.3 is 4.90 Å². The minimum absolute atomic E-state index is 0.657. The number of allylic oxidation sites excluding steroid dienone is 2. The number of hydrogen-bond donors (Lipinski definition) is 0. The third kappa shape index (κ3) is 1.93. The molecule has 0 spiro atoms. The molecule has 0 aromatic rings. The van der Waals surface area contributed by atoms with Gasteiger partial charge in [0, 0.05) is 12.5 Å². The summed E-state index contributed by atoms with van der Waals surface area (Å²) >= 11 is 0. The van der Waals surface area contributed by atoms with Crippen molar-refractivity contribution in [3.8, 4) is 0 Å². The second-order valence-corrected chi connectivity index (χ2v) is 3.59. The molecule has 0 heterocycles. The van der Waals surface area contributed by atoms with Crippen LogP contribution < -0.4 is 0 Å². The Hall–Kier alpha value is -0.560. The zero-order valence-electron chi connectivity index (χ0n) is 7.89. The quantitative estimate of drug-likeness (QED) is 0.584. The zero-order valence-corrected chi connectivity index (χ0v) is 7.89. The summed E-state index contributed by atoms with van der Waals surface area (Å²) in [5.74, 6) is 0.657. The van der Waals surface area contributed by atoms with E-state index in [1.807, 2.05) is 0 Å². The molecule has 0 fully saturated rings. The van der Waals surface area contributed by atoms with Crippen molar-refractivity contribution in [1.82, 2.24) is 4.90 Å². The van der Waals surface area contributed by atoms with Crippen LogP contribution in [-0.4, -0.2) is 25.5 Å². The molecule has 0 aromatic carbocycles. The van der Waals surface area contributed by atoms with Crippen LogP contribution in [-0.2, 0) is 0 Å². The predicted octanol–water partition coefficient (Wildman–Crippen LogP) is 2.07. The van der Waals surface area contributed by atoms with Crippen LogP contribution >= 0.6 is 0 Å². The van der Waals surface area contributed by atoms with Crippen molar-refractivity contribution in [3.63, 3.8) is 0 Å². The zero-order chi connectivity index (χ0) is 8.43. The Morgan fingerprint density at radius 3 is 2.36 bits per heavy atom. The summed E-state index contributed by atoms with van der Waals surface area (Å²) < 4.78 is 0. The molecule has 0 radical (unpaired) electrons. The van der Waals surface area contributed by atoms with Crippen LogP contribution in [0.4, 0.5) is 0 Å². The molecular formula is C10H17N. The largest absolute Gasteiger partial charge is 0.308 e. The van der Waals surface area contributed by atoms with E-state index in [0.29, 0.717) is 5.92 Å². The maximum Gasteiger partial charge on any atom is 0.0110 e. The molecule has 1 aliphatic rings. The monoisotopic (exact) mass is 151 g/mol. The highest BCUT2D eigenvalue weighted by atomic mass is 15.1. The molecule has 0 aromatic heterocycles. The van der Waals surface area contributed by atoms with Crippen molar-refractivity contribution < 1.29 is 0 Å². The van der Waals surface area contributed by atoms with Gasteiger partial charge in [-0.3, -0.25) is 0 Å². The summed E-state index contributed by atoms with van der Waals surface area (Å²) in [5, 5.41) is 0. The van der Waals surface area contributed by atoms with Gasteiger partial charge in [0.05, 0.1) is 0 Å². The van der Waals surface area contributed by atoms with Crippen molar-refractivity contribution in [1.29, 1.82) is 0 Å². The lowest BCUT2D eigenvalue weighted by Gasteiger charge is -2.16. The predicted molar refractivity (Wildman–Crippen MR) is 49.6 cm³/mol. The van der Waals surface area contributed by atoms with E-state index in [0.717, 1.165) is 6.54 Å². The second kappa shape index (κ2) is 3.22. The Bertz CT molecular complexity index is 199. The Balaban J connectivity index is 2.58. The summed E-state index contributed by atoms with van der Waals surface area (Å²) in [5.41, 5.74) is 2.97.